The van der Waals surface area contributed by atoms with Gasteiger partial charge in [0.25, 0.3) is 0 Å². The van der Waals surface area contributed by atoms with Gasteiger partial charge in [0, 0.05) is 7.11 Å². The van der Waals surface area contributed by atoms with Crippen molar-refractivity contribution in [3.05, 3.63) is 0 Å². The Morgan fingerprint density at radius 2 is 1.38 bits per heavy atom. The fourth-order valence-corrected chi connectivity index (χ4v) is 6.27. The molecule has 1 nitrogen and oxygen atoms in total. The predicted molar refractivity (Wildman–Crippen MR) is 62.7 cm³/mol. The second kappa shape index (κ2) is 7.57. The molecule has 0 atom stereocenters. The van der Waals surface area contributed by atoms with Crippen molar-refractivity contribution in [2.45, 2.75) is 64.6 Å². The van der Waals surface area contributed by atoms with Gasteiger partial charge in [-0.15, -0.1) is 0 Å². The minimum atomic E-state index is -1.29. The van der Waals surface area contributed by atoms with Crippen LogP contribution in [-0.2, 0) is 4.43 Å². The van der Waals surface area contributed by atoms with Crippen LogP contribution in [0.2, 0.25) is 18.1 Å². The van der Waals surface area contributed by atoms with E-state index in [4.69, 9.17) is 4.43 Å². The van der Waals surface area contributed by atoms with Gasteiger partial charge in [-0.05, 0) is 18.1 Å². The fraction of sp³-hybridized carbons (Fsp3) is 1.00. The molecule has 0 aromatic rings. The summed E-state index contributed by atoms with van der Waals surface area (Å²) in [6.07, 6.45) is 5.26. The Morgan fingerprint density at radius 3 is 1.69 bits per heavy atom. The average Bonchev–Trinajstić information content (AvgIpc) is 2.15. The van der Waals surface area contributed by atoms with Crippen LogP contribution >= 0.6 is 0 Å². The summed E-state index contributed by atoms with van der Waals surface area (Å²) in [5, 5.41) is 0. The van der Waals surface area contributed by atoms with E-state index in [0.717, 1.165) is 0 Å². The van der Waals surface area contributed by atoms with Gasteiger partial charge in [-0.25, -0.2) is 0 Å². The quantitative estimate of drug-likeness (QED) is 0.536. The summed E-state index contributed by atoms with van der Waals surface area (Å²) in [5.74, 6) is 0. The van der Waals surface area contributed by atoms with E-state index in [-0.39, 0.29) is 0 Å². The van der Waals surface area contributed by atoms with E-state index in [1.165, 1.54) is 43.8 Å². The van der Waals surface area contributed by atoms with Crippen molar-refractivity contribution in [3.63, 3.8) is 0 Å². The highest BCUT2D eigenvalue weighted by Gasteiger charge is 2.30. The third-order valence-electron chi connectivity index (χ3n) is 2.83. The second-order valence-corrected chi connectivity index (χ2v) is 8.26. The van der Waals surface area contributed by atoms with Crippen LogP contribution in [-0.4, -0.2) is 15.4 Å². The Morgan fingerprint density at radius 1 is 0.846 bits per heavy atom. The molecule has 2 heteroatoms. The average molecular weight is 202 g/mol. The lowest BCUT2D eigenvalue weighted by Gasteiger charge is -2.29. The first kappa shape index (κ1) is 13.2. The molecule has 0 aliphatic heterocycles. The Hall–Kier alpha value is 0.177. The lowest BCUT2D eigenvalue weighted by molar-refractivity contribution is 0.385. The van der Waals surface area contributed by atoms with Crippen LogP contribution in [0.1, 0.15) is 46.5 Å². The summed E-state index contributed by atoms with van der Waals surface area (Å²) in [4.78, 5) is 0. The van der Waals surface area contributed by atoms with E-state index in [1.54, 1.807) is 0 Å². The lowest BCUT2D eigenvalue weighted by atomic mass is 10.4. The summed E-state index contributed by atoms with van der Waals surface area (Å²) in [7, 11) is 0.647. The summed E-state index contributed by atoms with van der Waals surface area (Å²) in [6, 6.07) is 4.09. The zero-order valence-electron chi connectivity index (χ0n) is 9.86. The van der Waals surface area contributed by atoms with Gasteiger partial charge in [-0.1, -0.05) is 46.5 Å². The largest absolute Gasteiger partial charge is 0.420 e. The van der Waals surface area contributed by atoms with Crippen molar-refractivity contribution in [2.24, 2.45) is 0 Å². The summed E-state index contributed by atoms with van der Waals surface area (Å²) < 4.78 is 5.86. The molecule has 0 radical (unpaired) electrons. The highest BCUT2D eigenvalue weighted by atomic mass is 28.4. The van der Waals surface area contributed by atoms with Crippen molar-refractivity contribution < 1.29 is 4.43 Å². The van der Waals surface area contributed by atoms with Gasteiger partial charge >= 0.3 is 0 Å². The molecule has 80 valence electrons. The zero-order chi connectivity index (χ0) is 10.2. The molecule has 0 aliphatic carbocycles. The van der Waals surface area contributed by atoms with Crippen molar-refractivity contribution in [3.8, 4) is 0 Å². The van der Waals surface area contributed by atoms with E-state index in [0.29, 0.717) is 0 Å². The molecule has 0 fully saturated rings. The van der Waals surface area contributed by atoms with Crippen molar-refractivity contribution in [2.75, 3.05) is 7.11 Å². The summed E-state index contributed by atoms with van der Waals surface area (Å²) in [5.41, 5.74) is 0. The van der Waals surface area contributed by atoms with Crippen LogP contribution in [0.25, 0.3) is 0 Å². The van der Waals surface area contributed by atoms with Crippen LogP contribution < -0.4 is 0 Å². The topological polar surface area (TPSA) is 9.23 Å². The molecule has 0 amide bonds. The molecule has 0 saturated heterocycles. The molecule has 0 N–H and O–H groups in total. The molecule has 0 heterocycles. The van der Waals surface area contributed by atoms with Crippen LogP contribution in [0.15, 0.2) is 0 Å². The first-order valence-corrected chi connectivity index (χ1v) is 8.32. The lowest BCUT2D eigenvalue weighted by Crippen LogP contribution is -2.36. The summed E-state index contributed by atoms with van der Waals surface area (Å²) >= 11 is 0. The third kappa shape index (κ3) is 4.82. The van der Waals surface area contributed by atoms with Gasteiger partial charge in [0.2, 0.25) is 0 Å². The van der Waals surface area contributed by atoms with E-state index in [1.807, 2.05) is 7.11 Å². The predicted octanol–water partition coefficient (Wildman–Crippen LogP) is 4.20. The minimum Gasteiger partial charge on any atom is -0.420 e. The smallest absolute Gasteiger partial charge is 0.192 e. The molecule has 0 rings (SSSR count). The first-order chi connectivity index (χ1) is 6.24. The van der Waals surface area contributed by atoms with Gasteiger partial charge in [0.15, 0.2) is 8.32 Å². The second-order valence-electron chi connectivity index (χ2n) is 3.99. The zero-order valence-corrected chi connectivity index (χ0v) is 10.9. The van der Waals surface area contributed by atoms with Gasteiger partial charge in [-0.2, -0.15) is 0 Å². The van der Waals surface area contributed by atoms with Crippen molar-refractivity contribution >= 4 is 8.32 Å². The molecule has 0 aromatic carbocycles. The molecule has 0 aliphatic rings. The Balaban J connectivity index is 4.07. The molecule has 0 saturated carbocycles. The van der Waals surface area contributed by atoms with Crippen LogP contribution in [0.4, 0.5) is 0 Å². The number of hydrogen-bond acceptors (Lipinski definition) is 1. The number of hydrogen-bond donors (Lipinski definition) is 0. The SMILES string of the molecule is CCCC[Si](CCC)(CCC)OC. The highest BCUT2D eigenvalue weighted by molar-refractivity contribution is 6.73. The number of unbranched alkanes of at least 4 members (excludes halogenated alkanes) is 1. The monoisotopic (exact) mass is 202 g/mol. The fourth-order valence-electron chi connectivity index (χ4n) is 2.09. The van der Waals surface area contributed by atoms with Gasteiger partial charge in [0.1, 0.15) is 0 Å². The van der Waals surface area contributed by atoms with Gasteiger partial charge in [-0.3, -0.25) is 0 Å². The van der Waals surface area contributed by atoms with Crippen LogP contribution in [0.5, 0.6) is 0 Å². The van der Waals surface area contributed by atoms with Crippen LogP contribution in [0.3, 0.4) is 0 Å². The molecule has 0 bridgehead atoms. The molecule has 0 unspecified atom stereocenters. The molecular weight excluding hydrogens is 176 g/mol. The molecule has 13 heavy (non-hydrogen) atoms. The van der Waals surface area contributed by atoms with Crippen molar-refractivity contribution in [1.82, 2.24) is 0 Å². The van der Waals surface area contributed by atoms with Crippen molar-refractivity contribution in [1.29, 1.82) is 0 Å². The Bertz CT molecular complexity index is 109. The third-order valence-corrected chi connectivity index (χ3v) is 7.78. The van der Waals surface area contributed by atoms with Crippen LogP contribution in [0, 0.1) is 0 Å². The molecular formula is C11H26OSi. The maximum atomic E-state index is 5.86. The van der Waals surface area contributed by atoms with E-state index in [9.17, 15) is 0 Å². The van der Waals surface area contributed by atoms with E-state index >= 15 is 0 Å². The Kier molecular flexibility index (Phi) is 7.67. The molecule has 0 aromatic heterocycles. The summed E-state index contributed by atoms with van der Waals surface area (Å²) in [6.45, 7) is 6.83. The number of rotatable bonds is 8. The maximum Gasteiger partial charge on any atom is 0.192 e. The van der Waals surface area contributed by atoms with Gasteiger partial charge in [0.05, 0.1) is 0 Å². The standard InChI is InChI=1S/C11H26OSi/c1-5-8-11-13(12-4,9-6-2)10-7-3/h5-11H2,1-4H3. The maximum absolute atomic E-state index is 5.86. The van der Waals surface area contributed by atoms with Gasteiger partial charge < -0.3 is 4.43 Å². The van der Waals surface area contributed by atoms with E-state index < -0.39 is 8.32 Å². The minimum absolute atomic E-state index is 1.29. The Labute approximate surface area is 85.0 Å². The highest BCUT2D eigenvalue weighted by Crippen LogP contribution is 2.27. The van der Waals surface area contributed by atoms with E-state index in [2.05, 4.69) is 20.8 Å². The molecule has 0 spiro atoms. The first-order valence-electron chi connectivity index (χ1n) is 5.79. The normalized spacial score (nSPS) is 12.0.